The summed E-state index contributed by atoms with van der Waals surface area (Å²) in [5, 5.41) is 0.185. The Morgan fingerprint density at radius 1 is 1.43 bits per heavy atom. The number of rotatable bonds is 1. The summed E-state index contributed by atoms with van der Waals surface area (Å²) in [7, 11) is 0. The highest BCUT2D eigenvalue weighted by molar-refractivity contribution is 8.13. The van der Waals surface area contributed by atoms with Crippen molar-refractivity contribution in [3.8, 4) is 0 Å². The molecular formula is C14H15F3N2OS. The molecule has 3 rings (SSSR count). The Morgan fingerprint density at radius 3 is 2.90 bits per heavy atom. The zero-order valence-electron chi connectivity index (χ0n) is 11.4. The fourth-order valence-corrected chi connectivity index (χ4v) is 3.95. The Kier molecular flexibility index (Phi) is 3.44. The van der Waals surface area contributed by atoms with E-state index in [1.54, 1.807) is 6.92 Å². The van der Waals surface area contributed by atoms with Gasteiger partial charge in [-0.05, 0) is 13.0 Å². The summed E-state index contributed by atoms with van der Waals surface area (Å²) in [4.78, 5) is 4.20. The third-order valence-electron chi connectivity index (χ3n) is 4.06. The summed E-state index contributed by atoms with van der Waals surface area (Å²) in [6.07, 6.45) is -0.199. The number of nitrogens with zero attached hydrogens (tertiary/aromatic N) is 1. The molecule has 0 saturated carbocycles. The van der Waals surface area contributed by atoms with E-state index < -0.39 is 22.8 Å². The summed E-state index contributed by atoms with van der Waals surface area (Å²) in [5.74, 6) is -1.48. The molecule has 1 aromatic carbocycles. The summed E-state index contributed by atoms with van der Waals surface area (Å²) in [6, 6.07) is 3.06. The monoisotopic (exact) mass is 316 g/mol. The van der Waals surface area contributed by atoms with Crippen LogP contribution in [0.2, 0.25) is 0 Å². The zero-order chi connectivity index (χ0) is 15.3. The van der Waals surface area contributed by atoms with Crippen LogP contribution in [0.5, 0.6) is 0 Å². The molecule has 1 aromatic rings. The molecular weight excluding hydrogens is 301 g/mol. The lowest BCUT2D eigenvalue weighted by molar-refractivity contribution is -0.107. The summed E-state index contributed by atoms with van der Waals surface area (Å²) < 4.78 is 48.4. The van der Waals surface area contributed by atoms with E-state index in [0.717, 1.165) is 23.9 Å². The number of fused-ring (bicyclic) bond motifs is 1. The van der Waals surface area contributed by atoms with Crippen LogP contribution in [0.4, 0.5) is 13.2 Å². The highest BCUT2D eigenvalue weighted by Crippen LogP contribution is 2.51. The normalized spacial score (nSPS) is 36.0. The van der Waals surface area contributed by atoms with Gasteiger partial charge in [0, 0.05) is 23.8 Å². The van der Waals surface area contributed by atoms with Gasteiger partial charge >= 0.3 is 0 Å². The Morgan fingerprint density at radius 2 is 2.19 bits per heavy atom. The molecule has 0 spiro atoms. The Hall–Kier alpha value is -1.21. The van der Waals surface area contributed by atoms with Crippen molar-refractivity contribution in [3.05, 3.63) is 35.4 Å². The molecule has 0 unspecified atom stereocenters. The van der Waals surface area contributed by atoms with Crippen LogP contribution in [0.3, 0.4) is 0 Å². The van der Waals surface area contributed by atoms with Gasteiger partial charge < -0.3 is 10.5 Å². The first kappa shape index (κ1) is 14.7. The maximum absolute atomic E-state index is 15.5. The van der Waals surface area contributed by atoms with Crippen LogP contribution in [0.25, 0.3) is 0 Å². The highest BCUT2D eigenvalue weighted by atomic mass is 32.2. The lowest BCUT2D eigenvalue weighted by Crippen LogP contribution is -2.60. The molecule has 0 amide bonds. The van der Waals surface area contributed by atoms with Gasteiger partial charge in [0.1, 0.15) is 17.2 Å². The van der Waals surface area contributed by atoms with Gasteiger partial charge in [0.2, 0.25) is 0 Å². The Bertz CT molecular complexity index is 612. The molecule has 2 heterocycles. The minimum absolute atomic E-state index is 0.0125. The predicted octanol–water partition coefficient (Wildman–Crippen LogP) is 2.74. The summed E-state index contributed by atoms with van der Waals surface area (Å²) in [5.41, 5.74) is 2.39. The number of amidine groups is 1. The third-order valence-corrected chi connectivity index (χ3v) is 5.04. The minimum Gasteiger partial charge on any atom is -0.379 e. The smallest absolute Gasteiger partial charge is 0.155 e. The minimum atomic E-state index is -1.78. The standard InChI is InChI=1S/C14H15F3N2OS/c1-8-5-13(17)7-21-12(18)19-14(13,6-20-8)10-3-2-9(15)4-11(10)16/h2-4,8H,5-7H2,1H3,(H2,18,19)/t8-,13+,14+/m0/s1. The fraction of sp³-hybridized carbons (Fsp3) is 0.500. The second-order valence-electron chi connectivity index (χ2n) is 5.51. The lowest BCUT2D eigenvalue weighted by Gasteiger charge is -2.49. The van der Waals surface area contributed by atoms with Gasteiger partial charge in [0.15, 0.2) is 10.8 Å². The van der Waals surface area contributed by atoms with E-state index in [1.807, 2.05) is 0 Å². The first-order valence-electron chi connectivity index (χ1n) is 6.60. The van der Waals surface area contributed by atoms with Crippen LogP contribution in [0.15, 0.2) is 23.2 Å². The van der Waals surface area contributed by atoms with E-state index in [9.17, 15) is 8.78 Å². The number of halogens is 3. The van der Waals surface area contributed by atoms with Gasteiger partial charge in [-0.1, -0.05) is 17.8 Å². The number of nitrogens with two attached hydrogens (primary N) is 1. The van der Waals surface area contributed by atoms with Crippen LogP contribution in [-0.4, -0.2) is 29.3 Å². The molecule has 0 bridgehead atoms. The number of thioether (sulfide) groups is 1. The van der Waals surface area contributed by atoms with Crippen molar-refractivity contribution in [2.45, 2.75) is 30.7 Å². The van der Waals surface area contributed by atoms with Crippen LogP contribution in [0, 0.1) is 11.6 Å². The molecule has 3 nitrogen and oxygen atoms in total. The molecule has 2 aliphatic rings. The maximum atomic E-state index is 15.5. The topological polar surface area (TPSA) is 47.6 Å². The van der Waals surface area contributed by atoms with E-state index in [2.05, 4.69) is 4.99 Å². The molecule has 3 atom stereocenters. The van der Waals surface area contributed by atoms with Crippen LogP contribution in [0.1, 0.15) is 18.9 Å². The molecule has 2 N–H and O–H groups in total. The third kappa shape index (κ3) is 2.23. The Labute approximate surface area is 124 Å². The second kappa shape index (κ2) is 4.91. The van der Waals surface area contributed by atoms with Crippen molar-refractivity contribution in [3.63, 3.8) is 0 Å². The molecule has 0 radical (unpaired) electrons. The number of hydrogen-bond donors (Lipinski definition) is 1. The average molecular weight is 316 g/mol. The van der Waals surface area contributed by atoms with E-state index in [-0.39, 0.29) is 35.6 Å². The number of benzene rings is 1. The molecule has 0 aliphatic carbocycles. The second-order valence-corrected chi connectivity index (χ2v) is 6.51. The first-order chi connectivity index (χ1) is 9.86. The van der Waals surface area contributed by atoms with Gasteiger partial charge in [0.05, 0.1) is 12.7 Å². The highest BCUT2D eigenvalue weighted by Gasteiger charge is 2.60. The number of hydrogen-bond acceptors (Lipinski definition) is 4. The molecule has 1 saturated heterocycles. The van der Waals surface area contributed by atoms with Crippen molar-refractivity contribution < 1.29 is 17.9 Å². The number of aliphatic imine (C=N–C) groups is 1. The summed E-state index contributed by atoms with van der Waals surface area (Å²) in [6.45, 7) is 1.65. The number of alkyl halides is 1. The van der Waals surface area contributed by atoms with Crippen molar-refractivity contribution in [2.24, 2.45) is 10.7 Å². The van der Waals surface area contributed by atoms with Gasteiger partial charge in [0.25, 0.3) is 0 Å². The van der Waals surface area contributed by atoms with Crippen LogP contribution >= 0.6 is 11.8 Å². The SMILES string of the molecule is C[C@H]1C[C@@]2(F)CSC(N)=N[C@@]2(c2ccc(F)cc2F)CO1. The van der Waals surface area contributed by atoms with E-state index >= 15 is 4.39 Å². The maximum Gasteiger partial charge on any atom is 0.155 e. The molecule has 2 aliphatic heterocycles. The zero-order valence-corrected chi connectivity index (χ0v) is 12.2. The van der Waals surface area contributed by atoms with E-state index in [0.29, 0.717) is 0 Å². The van der Waals surface area contributed by atoms with Crippen molar-refractivity contribution in [1.82, 2.24) is 0 Å². The molecule has 21 heavy (non-hydrogen) atoms. The average Bonchev–Trinajstić information content (AvgIpc) is 2.40. The molecule has 7 heteroatoms. The molecule has 1 fully saturated rings. The summed E-state index contributed by atoms with van der Waals surface area (Å²) >= 11 is 1.11. The van der Waals surface area contributed by atoms with Crippen molar-refractivity contribution >= 4 is 16.9 Å². The Balaban J connectivity index is 2.19. The largest absolute Gasteiger partial charge is 0.379 e. The first-order valence-corrected chi connectivity index (χ1v) is 7.59. The van der Waals surface area contributed by atoms with Gasteiger partial charge in [-0.25, -0.2) is 18.2 Å². The van der Waals surface area contributed by atoms with Gasteiger partial charge in [-0.3, -0.25) is 0 Å². The molecule has 0 aromatic heterocycles. The predicted molar refractivity (Wildman–Crippen MR) is 76.0 cm³/mol. The van der Waals surface area contributed by atoms with Crippen molar-refractivity contribution in [1.29, 1.82) is 0 Å². The quantitative estimate of drug-likeness (QED) is 0.866. The lowest BCUT2D eigenvalue weighted by atomic mass is 9.72. The van der Waals surface area contributed by atoms with Crippen LogP contribution < -0.4 is 5.73 Å². The fourth-order valence-electron chi connectivity index (χ4n) is 3.00. The van der Waals surface area contributed by atoms with Gasteiger partial charge in [-0.2, -0.15) is 0 Å². The van der Waals surface area contributed by atoms with E-state index in [4.69, 9.17) is 10.5 Å². The molecule has 114 valence electrons. The number of ether oxygens (including phenoxy) is 1. The van der Waals surface area contributed by atoms with Crippen molar-refractivity contribution in [2.75, 3.05) is 12.4 Å². The van der Waals surface area contributed by atoms with E-state index in [1.165, 1.54) is 6.07 Å². The van der Waals surface area contributed by atoms with Crippen LogP contribution in [-0.2, 0) is 10.3 Å². The van der Waals surface area contributed by atoms with Gasteiger partial charge in [-0.15, -0.1) is 0 Å².